The number of carbonyl (C=O) groups is 1. The Hall–Kier alpha value is -2.89. The lowest BCUT2D eigenvalue weighted by atomic mass is 9.94. The van der Waals surface area contributed by atoms with Crippen LogP contribution >= 0.6 is 0 Å². The highest BCUT2D eigenvalue weighted by Gasteiger charge is 2.27. The van der Waals surface area contributed by atoms with Crippen molar-refractivity contribution in [2.24, 2.45) is 0 Å². The fraction of sp³-hybridized carbons (Fsp3) is 0.381. The Labute approximate surface area is 157 Å². The highest BCUT2D eigenvalue weighted by Crippen LogP contribution is 2.27. The lowest BCUT2D eigenvalue weighted by Crippen LogP contribution is -2.40. The van der Waals surface area contributed by atoms with Crippen molar-refractivity contribution in [3.05, 3.63) is 63.5 Å². The Morgan fingerprint density at radius 1 is 1.26 bits per heavy atom. The van der Waals surface area contributed by atoms with E-state index < -0.39 is 0 Å². The fourth-order valence-electron chi connectivity index (χ4n) is 4.08. The lowest BCUT2D eigenvalue weighted by Gasteiger charge is -2.32. The van der Waals surface area contributed by atoms with Gasteiger partial charge in [-0.2, -0.15) is 0 Å². The van der Waals surface area contributed by atoms with Gasteiger partial charge in [0.2, 0.25) is 5.91 Å². The molecule has 1 aromatic carbocycles. The summed E-state index contributed by atoms with van der Waals surface area (Å²) in [5.41, 5.74) is 3.85. The van der Waals surface area contributed by atoms with Crippen LogP contribution in [-0.2, 0) is 11.2 Å². The third-order valence-electron chi connectivity index (χ3n) is 5.43. The van der Waals surface area contributed by atoms with Crippen LogP contribution in [0.1, 0.15) is 41.5 Å². The molecule has 1 amide bonds. The Bertz CT molecular complexity index is 1050. The summed E-state index contributed by atoms with van der Waals surface area (Å²) >= 11 is 0. The number of para-hydroxylation sites is 1. The Kier molecular flexibility index (Phi) is 4.56. The van der Waals surface area contributed by atoms with Crippen molar-refractivity contribution in [1.29, 1.82) is 0 Å². The quantitative estimate of drug-likeness (QED) is 0.750. The van der Waals surface area contributed by atoms with Crippen molar-refractivity contribution < 1.29 is 4.79 Å². The predicted octanol–water partition coefficient (Wildman–Crippen LogP) is 2.82. The molecule has 3 aromatic rings. The number of piperidine rings is 1. The summed E-state index contributed by atoms with van der Waals surface area (Å²) in [6, 6.07) is 9.66. The van der Waals surface area contributed by atoms with Gasteiger partial charge in [-0.05, 0) is 38.3 Å². The number of hydrogen-bond donors (Lipinski definition) is 2. The van der Waals surface area contributed by atoms with Gasteiger partial charge in [-0.1, -0.05) is 18.2 Å². The number of likely N-dealkylation sites (tertiary alicyclic amines) is 1. The maximum atomic E-state index is 13.0. The standard InChI is InChI=1S/C21H24N4O2/c1-13-17(16-7-3-4-8-18(16)22-13)10-21(27)25-9-5-6-15(12-25)19-11-20(26)24-14(2)23-19/h3-4,7-8,11,15,22H,5-6,9-10,12H2,1-2H3,(H,23,24,26)/t15-/m1/s1. The minimum absolute atomic E-state index is 0.118. The molecular weight excluding hydrogens is 340 g/mol. The van der Waals surface area contributed by atoms with Crippen molar-refractivity contribution in [3.63, 3.8) is 0 Å². The SMILES string of the molecule is Cc1nc([C@@H]2CCCN(C(=O)Cc3c(C)[nH]c4ccccc34)C2)cc(=O)[nH]1. The summed E-state index contributed by atoms with van der Waals surface area (Å²) in [4.78, 5) is 37.2. The molecule has 1 fully saturated rings. The average molecular weight is 364 g/mol. The van der Waals surface area contributed by atoms with Gasteiger partial charge in [-0.3, -0.25) is 9.59 Å². The zero-order valence-corrected chi connectivity index (χ0v) is 15.7. The molecule has 1 aliphatic heterocycles. The van der Waals surface area contributed by atoms with Crippen molar-refractivity contribution in [1.82, 2.24) is 19.9 Å². The molecule has 4 rings (SSSR count). The van der Waals surface area contributed by atoms with E-state index in [-0.39, 0.29) is 17.4 Å². The minimum atomic E-state index is -0.129. The first kappa shape index (κ1) is 17.5. The number of aromatic amines is 2. The second-order valence-corrected chi connectivity index (χ2v) is 7.39. The van der Waals surface area contributed by atoms with E-state index in [1.807, 2.05) is 30.0 Å². The van der Waals surface area contributed by atoms with Gasteiger partial charge in [0.05, 0.1) is 12.1 Å². The number of H-pyrrole nitrogens is 2. The van der Waals surface area contributed by atoms with E-state index in [4.69, 9.17) is 0 Å². The number of benzene rings is 1. The van der Waals surface area contributed by atoms with Crippen molar-refractivity contribution >= 4 is 16.8 Å². The van der Waals surface area contributed by atoms with Gasteiger partial charge in [0.15, 0.2) is 0 Å². The largest absolute Gasteiger partial charge is 0.358 e. The van der Waals surface area contributed by atoms with Crippen LogP contribution in [0.25, 0.3) is 10.9 Å². The van der Waals surface area contributed by atoms with Crippen LogP contribution in [0.5, 0.6) is 0 Å². The van der Waals surface area contributed by atoms with Gasteiger partial charge in [0.1, 0.15) is 5.82 Å². The van der Waals surface area contributed by atoms with E-state index in [1.54, 1.807) is 13.0 Å². The summed E-state index contributed by atoms with van der Waals surface area (Å²) in [5.74, 6) is 0.872. The third-order valence-corrected chi connectivity index (χ3v) is 5.43. The zero-order valence-electron chi connectivity index (χ0n) is 15.7. The monoisotopic (exact) mass is 364 g/mol. The van der Waals surface area contributed by atoms with E-state index in [9.17, 15) is 9.59 Å². The molecule has 0 aliphatic carbocycles. The maximum Gasteiger partial charge on any atom is 0.251 e. The van der Waals surface area contributed by atoms with Gasteiger partial charge < -0.3 is 14.9 Å². The van der Waals surface area contributed by atoms with Crippen molar-refractivity contribution in [2.45, 2.75) is 39.0 Å². The number of nitrogens with zero attached hydrogens (tertiary/aromatic N) is 2. The first-order valence-corrected chi connectivity index (χ1v) is 9.43. The first-order valence-electron chi connectivity index (χ1n) is 9.43. The van der Waals surface area contributed by atoms with Crippen LogP contribution in [0.15, 0.2) is 35.1 Å². The predicted molar refractivity (Wildman–Crippen MR) is 105 cm³/mol. The molecular formula is C21H24N4O2. The number of aryl methyl sites for hydroxylation is 2. The molecule has 27 heavy (non-hydrogen) atoms. The molecule has 0 radical (unpaired) electrons. The minimum Gasteiger partial charge on any atom is -0.358 e. The van der Waals surface area contributed by atoms with Gasteiger partial charge in [0, 0.05) is 41.7 Å². The van der Waals surface area contributed by atoms with Gasteiger partial charge in [-0.15, -0.1) is 0 Å². The van der Waals surface area contributed by atoms with E-state index in [0.29, 0.717) is 18.8 Å². The van der Waals surface area contributed by atoms with Crippen molar-refractivity contribution in [2.75, 3.05) is 13.1 Å². The topological polar surface area (TPSA) is 81.8 Å². The van der Waals surface area contributed by atoms with Gasteiger partial charge in [-0.25, -0.2) is 4.98 Å². The summed E-state index contributed by atoms with van der Waals surface area (Å²) < 4.78 is 0. The van der Waals surface area contributed by atoms with Crippen LogP contribution in [0, 0.1) is 13.8 Å². The summed E-state index contributed by atoms with van der Waals surface area (Å²) in [5, 5.41) is 1.11. The number of hydrogen-bond acceptors (Lipinski definition) is 3. The number of aromatic nitrogens is 3. The van der Waals surface area contributed by atoms with E-state index in [0.717, 1.165) is 47.2 Å². The molecule has 0 unspecified atom stereocenters. The number of fused-ring (bicyclic) bond motifs is 1. The van der Waals surface area contributed by atoms with Gasteiger partial charge >= 0.3 is 0 Å². The second kappa shape index (κ2) is 7.02. The van der Waals surface area contributed by atoms with Crippen LogP contribution < -0.4 is 5.56 Å². The molecule has 0 spiro atoms. The highest BCUT2D eigenvalue weighted by molar-refractivity contribution is 5.90. The van der Waals surface area contributed by atoms with Crippen LogP contribution in [0.2, 0.25) is 0 Å². The van der Waals surface area contributed by atoms with Crippen LogP contribution in [-0.4, -0.2) is 38.8 Å². The summed E-state index contributed by atoms with van der Waals surface area (Å²) in [6.07, 6.45) is 2.27. The molecule has 2 N–H and O–H groups in total. The fourth-order valence-corrected chi connectivity index (χ4v) is 4.08. The third kappa shape index (κ3) is 3.52. The normalized spacial score (nSPS) is 17.4. The molecule has 1 atom stereocenters. The highest BCUT2D eigenvalue weighted by atomic mass is 16.2. The van der Waals surface area contributed by atoms with E-state index >= 15 is 0 Å². The van der Waals surface area contributed by atoms with E-state index in [2.05, 4.69) is 21.0 Å². The number of amides is 1. The summed E-state index contributed by atoms with van der Waals surface area (Å²) in [6.45, 7) is 5.19. The smallest absolute Gasteiger partial charge is 0.251 e. The van der Waals surface area contributed by atoms with Crippen LogP contribution in [0.3, 0.4) is 0 Å². The molecule has 3 heterocycles. The summed E-state index contributed by atoms with van der Waals surface area (Å²) in [7, 11) is 0. The second-order valence-electron chi connectivity index (χ2n) is 7.39. The Morgan fingerprint density at radius 3 is 2.89 bits per heavy atom. The number of nitrogens with one attached hydrogen (secondary N) is 2. The lowest BCUT2D eigenvalue weighted by molar-refractivity contribution is -0.131. The molecule has 140 valence electrons. The molecule has 1 saturated heterocycles. The Balaban J connectivity index is 1.53. The van der Waals surface area contributed by atoms with E-state index in [1.165, 1.54) is 0 Å². The molecule has 0 saturated carbocycles. The molecule has 6 nitrogen and oxygen atoms in total. The average Bonchev–Trinajstić information content (AvgIpc) is 2.96. The molecule has 6 heteroatoms. The number of carbonyl (C=O) groups excluding carboxylic acids is 1. The van der Waals surface area contributed by atoms with Gasteiger partial charge in [0.25, 0.3) is 5.56 Å². The zero-order chi connectivity index (χ0) is 19.0. The Morgan fingerprint density at radius 2 is 2.07 bits per heavy atom. The first-order chi connectivity index (χ1) is 13.0. The number of rotatable bonds is 3. The van der Waals surface area contributed by atoms with Crippen LogP contribution in [0.4, 0.5) is 0 Å². The molecule has 2 aromatic heterocycles. The van der Waals surface area contributed by atoms with Crippen molar-refractivity contribution in [3.8, 4) is 0 Å². The molecule has 0 bridgehead atoms. The maximum absolute atomic E-state index is 13.0. The molecule has 1 aliphatic rings.